The second-order valence-corrected chi connectivity index (χ2v) is 8.20. The van der Waals surface area contributed by atoms with Gasteiger partial charge in [0.1, 0.15) is 6.61 Å². The fourth-order valence-corrected chi connectivity index (χ4v) is 5.06. The number of rotatable bonds is 4. The Morgan fingerprint density at radius 1 is 1.10 bits per heavy atom. The molecule has 0 radical (unpaired) electrons. The number of fused-ring (bicyclic) bond motifs is 5. The number of hydrogen-bond donors (Lipinski definition) is 0. The maximum Gasteiger partial charge on any atom is 0.410 e. The number of amides is 1. The molecule has 0 N–H and O–H groups in total. The number of carbonyl (C=O) groups excluding carboxylic acids is 1. The SMILES string of the molecule is C#CCCC1=CC2COCC(C1)N2C(=O)OCC1c2ccccc2-c2ccccc21. The Hall–Kier alpha value is -3.03. The second-order valence-electron chi connectivity index (χ2n) is 8.20. The van der Waals surface area contributed by atoms with Crippen LogP contribution in [-0.2, 0) is 9.47 Å². The van der Waals surface area contributed by atoms with E-state index in [-0.39, 0.29) is 24.1 Å². The lowest BCUT2D eigenvalue weighted by molar-refractivity contribution is -0.0365. The summed E-state index contributed by atoms with van der Waals surface area (Å²) in [6, 6.07) is 16.7. The molecule has 4 heteroatoms. The molecule has 30 heavy (non-hydrogen) atoms. The van der Waals surface area contributed by atoms with E-state index in [4.69, 9.17) is 15.9 Å². The van der Waals surface area contributed by atoms with Gasteiger partial charge in [-0.1, -0.05) is 60.2 Å². The van der Waals surface area contributed by atoms with Gasteiger partial charge in [-0.3, -0.25) is 4.90 Å². The first-order valence-corrected chi connectivity index (χ1v) is 10.6. The Balaban J connectivity index is 1.32. The average molecular weight is 399 g/mol. The molecule has 2 unspecified atom stereocenters. The van der Waals surface area contributed by atoms with Gasteiger partial charge in [0.25, 0.3) is 0 Å². The van der Waals surface area contributed by atoms with Crippen molar-refractivity contribution in [2.75, 3.05) is 19.8 Å². The minimum atomic E-state index is -0.248. The first-order chi connectivity index (χ1) is 14.8. The van der Waals surface area contributed by atoms with E-state index in [0.29, 0.717) is 19.8 Å². The molecule has 2 aromatic rings. The number of carbonyl (C=O) groups is 1. The molecule has 0 aromatic heterocycles. The van der Waals surface area contributed by atoms with Crippen LogP contribution in [0.4, 0.5) is 4.79 Å². The van der Waals surface area contributed by atoms with E-state index in [2.05, 4.69) is 60.5 Å². The Labute approximate surface area is 177 Å². The van der Waals surface area contributed by atoms with Crippen LogP contribution < -0.4 is 0 Å². The smallest absolute Gasteiger partial charge is 0.410 e. The molecule has 2 atom stereocenters. The number of nitrogens with zero attached hydrogens (tertiary/aromatic N) is 1. The summed E-state index contributed by atoms with van der Waals surface area (Å²) in [5.41, 5.74) is 6.25. The van der Waals surface area contributed by atoms with Gasteiger partial charge in [0.15, 0.2) is 0 Å². The molecular formula is C26H25NO3. The Morgan fingerprint density at radius 3 is 2.47 bits per heavy atom. The summed E-state index contributed by atoms with van der Waals surface area (Å²) in [6.45, 7) is 1.41. The predicted octanol–water partition coefficient (Wildman–Crippen LogP) is 4.75. The van der Waals surface area contributed by atoms with Crippen molar-refractivity contribution in [3.05, 3.63) is 71.3 Å². The second kappa shape index (κ2) is 8.01. The number of benzene rings is 2. The highest BCUT2D eigenvalue weighted by atomic mass is 16.6. The molecule has 2 aliphatic heterocycles. The summed E-state index contributed by atoms with van der Waals surface area (Å²) in [4.78, 5) is 15.0. The van der Waals surface area contributed by atoms with E-state index >= 15 is 0 Å². The van der Waals surface area contributed by atoms with Gasteiger partial charge in [-0.05, 0) is 35.1 Å². The zero-order valence-electron chi connectivity index (χ0n) is 16.9. The molecule has 2 bridgehead atoms. The molecule has 1 fully saturated rings. The number of morpholine rings is 1. The fourth-order valence-electron chi connectivity index (χ4n) is 5.06. The van der Waals surface area contributed by atoms with Crippen LogP contribution >= 0.6 is 0 Å². The average Bonchev–Trinajstić information content (AvgIpc) is 3.09. The topological polar surface area (TPSA) is 38.8 Å². The van der Waals surface area contributed by atoms with Crippen LogP contribution in [0.25, 0.3) is 11.1 Å². The Morgan fingerprint density at radius 2 is 1.80 bits per heavy atom. The van der Waals surface area contributed by atoms with Crippen LogP contribution in [0.1, 0.15) is 36.3 Å². The first kappa shape index (κ1) is 19.0. The summed E-state index contributed by atoms with van der Waals surface area (Å²) < 4.78 is 11.6. The zero-order chi connectivity index (χ0) is 20.5. The Bertz CT molecular complexity index is 989. The van der Waals surface area contributed by atoms with Crippen LogP contribution in [0.2, 0.25) is 0 Å². The fraction of sp³-hybridized carbons (Fsp3) is 0.346. The molecule has 2 heterocycles. The third-order valence-corrected chi connectivity index (χ3v) is 6.41. The van der Waals surface area contributed by atoms with Gasteiger partial charge in [0, 0.05) is 12.3 Å². The van der Waals surface area contributed by atoms with Crippen molar-refractivity contribution < 1.29 is 14.3 Å². The molecule has 1 amide bonds. The zero-order valence-corrected chi connectivity index (χ0v) is 16.9. The van der Waals surface area contributed by atoms with Crippen LogP contribution in [0.15, 0.2) is 60.2 Å². The summed E-state index contributed by atoms with van der Waals surface area (Å²) in [6.07, 6.45) is 9.75. The van der Waals surface area contributed by atoms with Gasteiger partial charge in [0.05, 0.1) is 25.3 Å². The van der Waals surface area contributed by atoms with Crippen LogP contribution in [0, 0.1) is 12.3 Å². The maximum atomic E-state index is 13.1. The molecule has 1 aliphatic carbocycles. The van der Waals surface area contributed by atoms with Crippen molar-refractivity contribution in [3.63, 3.8) is 0 Å². The number of ether oxygens (including phenoxy) is 2. The molecule has 152 valence electrons. The lowest BCUT2D eigenvalue weighted by Gasteiger charge is -2.43. The van der Waals surface area contributed by atoms with Crippen molar-refractivity contribution in [1.29, 1.82) is 0 Å². The van der Waals surface area contributed by atoms with Crippen molar-refractivity contribution in [1.82, 2.24) is 4.90 Å². The van der Waals surface area contributed by atoms with Crippen LogP contribution in [-0.4, -0.2) is 42.9 Å². The van der Waals surface area contributed by atoms with Gasteiger partial charge >= 0.3 is 6.09 Å². The van der Waals surface area contributed by atoms with Gasteiger partial charge in [0.2, 0.25) is 0 Å². The highest BCUT2D eigenvalue weighted by molar-refractivity contribution is 5.79. The Kier molecular flexibility index (Phi) is 5.06. The van der Waals surface area contributed by atoms with Crippen LogP contribution in [0.3, 0.4) is 0 Å². The largest absolute Gasteiger partial charge is 0.448 e. The van der Waals surface area contributed by atoms with E-state index in [1.165, 1.54) is 27.8 Å². The minimum absolute atomic E-state index is 0.0252. The molecular weight excluding hydrogens is 374 g/mol. The maximum absolute atomic E-state index is 13.1. The predicted molar refractivity (Wildman–Crippen MR) is 116 cm³/mol. The molecule has 5 rings (SSSR count). The van der Waals surface area contributed by atoms with E-state index in [9.17, 15) is 4.79 Å². The number of terminal acetylenes is 1. The lowest BCUT2D eigenvalue weighted by atomic mass is 9.92. The highest BCUT2D eigenvalue weighted by Crippen LogP contribution is 2.44. The molecule has 4 nitrogen and oxygen atoms in total. The summed E-state index contributed by atoms with van der Waals surface area (Å²) in [5, 5.41) is 0. The van der Waals surface area contributed by atoms with Gasteiger partial charge in [-0.15, -0.1) is 12.3 Å². The molecule has 0 spiro atoms. The van der Waals surface area contributed by atoms with Crippen LogP contribution in [0.5, 0.6) is 0 Å². The molecule has 2 aromatic carbocycles. The number of hydrogen-bond acceptors (Lipinski definition) is 3. The van der Waals surface area contributed by atoms with Crippen molar-refractivity contribution in [2.24, 2.45) is 0 Å². The highest BCUT2D eigenvalue weighted by Gasteiger charge is 2.39. The van der Waals surface area contributed by atoms with Crippen molar-refractivity contribution >= 4 is 6.09 Å². The van der Waals surface area contributed by atoms with E-state index < -0.39 is 0 Å². The van der Waals surface area contributed by atoms with E-state index in [1.807, 2.05) is 4.90 Å². The monoisotopic (exact) mass is 399 g/mol. The molecule has 0 saturated carbocycles. The quantitative estimate of drug-likeness (QED) is 0.550. The molecule has 1 saturated heterocycles. The van der Waals surface area contributed by atoms with Crippen molar-refractivity contribution in [2.45, 2.75) is 37.3 Å². The standard InChI is InChI=1S/C26H25NO3/c1-2-3-8-18-13-19-15-29-16-20(14-18)27(19)26(28)30-17-25-23-11-6-4-9-21(23)22-10-5-7-12-24(22)25/h1,4-7,9-13,19-20,25H,3,8,14-17H2. The van der Waals surface area contributed by atoms with Gasteiger partial charge in [-0.2, -0.15) is 0 Å². The molecule has 3 aliphatic rings. The minimum Gasteiger partial charge on any atom is -0.448 e. The summed E-state index contributed by atoms with van der Waals surface area (Å²) in [7, 11) is 0. The van der Waals surface area contributed by atoms with E-state index in [0.717, 1.165) is 19.3 Å². The summed E-state index contributed by atoms with van der Waals surface area (Å²) in [5.74, 6) is 2.78. The summed E-state index contributed by atoms with van der Waals surface area (Å²) >= 11 is 0. The third kappa shape index (κ3) is 3.30. The van der Waals surface area contributed by atoms with Gasteiger partial charge in [-0.25, -0.2) is 4.79 Å². The van der Waals surface area contributed by atoms with Crippen molar-refractivity contribution in [3.8, 4) is 23.5 Å². The first-order valence-electron chi connectivity index (χ1n) is 10.6. The van der Waals surface area contributed by atoms with E-state index in [1.54, 1.807) is 0 Å². The third-order valence-electron chi connectivity index (χ3n) is 6.41. The van der Waals surface area contributed by atoms with Gasteiger partial charge < -0.3 is 9.47 Å². The normalized spacial score (nSPS) is 22.0. The lowest BCUT2D eigenvalue weighted by Crippen LogP contribution is -2.56.